The first-order valence-corrected chi connectivity index (χ1v) is 9.99. The molecule has 160 valence electrons. The van der Waals surface area contributed by atoms with E-state index in [9.17, 15) is 14.0 Å². The minimum atomic E-state index is -0.782. The van der Waals surface area contributed by atoms with Gasteiger partial charge in [-0.05, 0) is 36.2 Å². The number of nitrogens with one attached hydrogen (secondary N) is 3. The van der Waals surface area contributed by atoms with Crippen molar-refractivity contribution in [1.29, 1.82) is 0 Å². The number of hydrogen-bond acceptors (Lipinski definition) is 4. The van der Waals surface area contributed by atoms with Gasteiger partial charge in [-0.2, -0.15) is 0 Å². The van der Waals surface area contributed by atoms with Crippen molar-refractivity contribution in [2.45, 2.75) is 19.9 Å². The van der Waals surface area contributed by atoms with Gasteiger partial charge in [-0.25, -0.2) is 9.18 Å². The lowest BCUT2D eigenvalue weighted by Gasteiger charge is -2.29. The maximum absolute atomic E-state index is 14.6. The summed E-state index contributed by atoms with van der Waals surface area (Å²) in [5.41, 5.74) is 1.45. The summed E-state index contributed by atoms with van der Waals surface area (Å²) in [4.78, 5) is 26.9. The number of urea groups is 1. The molecule has 3 N–H and O–H groups in total. The number of nitrogens with zero attached hydrogens (tertiary/aromatic N) is 1. The summed E-state index contributed by atoms with van der Waals surface area (Å²) in [6.07, 6.45) is 0. The first-order chi connectivity index (χ1) is 14.4. The fourth-order valence-electron chi connectivity index (χ4n) is 3.23. The Labute approximate surface area is 175 Å². The zero-order valence-electron chi connectivity index (χ0n) is 17.2. The number of rotatable bonds is 6. The van der Waals surface area contributed by atoms with E-state index in [4.69, 9.17) is 4.74 Å². The van der Waals surface area contributed by atoms with Crippen molar-refractivity contribution in [3.63, 3.8) is 0 Å². The van der Waals surface area contributed by atoms with Crippen molar-refractivity contribution in [2.75, 3.05) is 41.8 Å². The zero-order chi connectivity index (χ0) is 21.5. The van der Waals surface area contributed by atoms with E-state index >= 15 is 0 Å². The number of anilines is 3. The van der Waals surface area contributed by atoms with Gasteiger partial charge in [0.2, 0.25) is 5.91 Å². The molecule has 30 heavy (non-hydrogen) atoms. The Kier molecular flexibility index (Phi) is 7.24. The lowest BCUT2D eigenvalue weighted by molar-refractivity contribution is -0.118. The van der Waals surface area contributed by atoms with Crippen molar-refractivity contribution >= 4 is 29.0 Å². The number of carbonyl (C=O) groups excluding carboxylic acids is 2. The molecule has 2 aromatic rings. The molecule has 0 spiro atoms. The molecule has 0 saturated carbocycles. The van der Waals surface area contributed by atoms with Gasteiger partial charge < -0.3 is 25.6 Å². The Hall–Kier alpha value is -3.13. The van der Waals surface area contributed by atoms with Gasteiger partial charge >= 0.3 is 6.03 Å². The molecule has 1 saturated heterocycles. The van der Waals surface area contributed by atoms with Crippen molar-refractivity contribution in [2.24, 2.45) is 5.92 Å². The Morgan fingerprint density at radius 3 is 2.33 bits per heavy atom. The van der Waals surface area contributed by atoms with Crippen LogP contribution in [0.25, 0.3) is 0 Å². The molecule has 0 radical (unpaired) electrons. The normalized spacial score (nSPS) is 14.9. The highest BCUT2D eigenvalue weighted by Crippen LogP contribution is 2.24. The van der Waals surface area contributed by atoms with E-state index in [1.54, 1.807) is 36.4 Å². The second-order valence-electron chi connectivity index (χ2n) is 7.44. The number of ether oxygens (including phenoxy) is 1. The Bertz CT molecular complexity index is 870. The van der Waals surface area contributed by atoms with Crippen molar-refractivity contribution in [3.05, 3.63) is 54.3 Å². The molecule has 0 bridgehead atoms. The first-order valence-electron chi connectivity index (χ1n) is 9.99. The molecule has 0 aliphatic carbocycles. The number of amides is 3. The average Bonchev–Trinajstić information content (AvgIpc) is 2.73. The van der Waals surface area contributed by atoms with Crippen LogP contribution in [0.5, 0.6) is 0 Å². The van der Waals surface area contributed by atoms with Gasteiger partial charge in [-0.15, -0.1) is 0 Å². The van der Waals surface area contributed by atoms with Gasteiger partial charge in [0.1, 0.15) is 11.9 Å². The fourth-order valence-corrected chi connectivity index (χ4v) is 3.23. The predicted molar refractivity (Wildman–Crippen MR) is 115 cm³/mol. The Morgan fingerprint density at radius 2 is 1.70 bits per heavy atom. The van der Waals surface area contributed by atoms with Crippen LogP contribution in [0.1, 0.15) is 13.8 Å². The third-order valence-corrected chi connectivity index (χ3v) is 4.83. The Morgan fingerprint density at radius 1 is 1.00 bits per heavy atom. The quantitative estimate of drug-likeness (QED) is 0.676. The minimum absolute atomic E-state index is 0.163. The second kappa shape index (κ2) is 10.1. The van der Waals surface area contributed by atoms with E-state index in [1.165, 1.54) is 6.07 Å². The van der Waals surface area contributed by atoms with Gasteiger partial charge in [-0.1, -0.05) is 32.0 Å². The molecular weight excluding hydrogens is 387 g/mol. The molecule has 1 aliphatic heterocycles. The first kappa shape index (κ1) is 21.6. The van der Waals surface area contributed by atoms with Crippen LogP contribution in [0.15, 0.2) is 48.5 Å². The van der Waals surface area contributed by atoms with Crippen LogP contribution in [-0.2, 0) is 9.53 Å². The Balaban J connectivity index is 1.63. The summed E-state index contributed by atoms with van der Waals surface area (Å²) in [6.45, 7) is 6.02. The second-order valence-corrected chi connectivity index (χ2v) is 7.44. The highest BCUT2D eigenvalue weighted by atomic mass is 19.1. The smallest absolute Gasteiger partial charge is 0.319 e. The van der Waals surface area contributed by atoms with Crippen LogP contribution in [0.3, 0.4) is 0 Å². The van der Waals surface area contributed by atoms with Crippen molar-refractivity contribution in [3.8, 4) is 0 Å². The molecule has 1 unspecified atom stereocenters. The van der Waals surface area contributed by atoms with Gasteiger partial charge in [-0.3, -0.25) is 4.79 Å². The topological polar surface area (TPSA) is 82.7 Å². The minimum Gasteiger partial charge on any atom is -0.378 e. The molecule has 0 aromatic heterocycles. The number of halogens is 1. The highest BCUT2D eigenvalue weighted by molar-refractivity contribution is 5.99. The molecule has 1 fully saturated rings. The molecule has 8 heteroatoms. The lowest BCUT2D eigenvalue weighted by Crippen LogP contribution is -2.48. The summed E-state index contributed by atoms with van der Waals surface area (Å²) in [6, 6.07) is 12.3. The maximum Gasteiger partial charge on any atom is 0.319 e. The number of benzene rings is 2. The summed E-state index contributed by atoms with van der Waals surface area (Å²) >= 11 is 0. The largest absolute Gasteiger partial charge is 0.378 e. The third-order valence-electron chi connectivity index (χ3n) is 4.83. The monoisotopic (exact) mass is 414 g/mol. The summed E-state index contributed by atoms with van der Waals surface area (Å²) in [5, 5.41) is 8.08. The van der Waals surface area contributed by atoms with Crippen LogP contribution in [0.2, 0.25) is 0 Å². The van der Waals surface area contributed by atoms with E-state index < -0.39 is 23.8 Å². The third kappa shape index (κ3) is 5.70. The standard InChI is InChI=1S/C22H27FN4O3/c1-15(2)20(26-22(29)25-16-6-4-3-5-7-16)21(28)24-17-8-9-19(18(23)14-17)27-10-12-30-13-11-27/h3-9,14-15,20H,10-13H2,1-2H3,(H,24,28)(H2,25,26,29). The molecule has 1 atom stereocenters. The van der Waals surface area contributed by atoms with Gasteiger partial charge in [0.05, 0.1) is 18.9 Å². The lowest BCUT2D eigenvalue weighted by atomic mass is 10.0. The number of carbonyl (C=O) groups is 2. The molecule has 1 heterocycles. The zero-order valence-corrected chi connectivity index (χ0v) is 17.2. The van der Waals surface area contributed by atoms with E-state index in [0.29, 0.717) is 43.4 Å². The van der Waals surface area contributed by atoms with Crippen LogP contribution < -0.4 is 20.9 Å². The molecule has 3 amide bonds. The predicted octanol–water partition coefficient (Wildman–Crippen LogP) is 3.45. The molecule has 7 nitrogen and oxygen atoms in total. The molecule has 2 aromatic carbocycles. The summed E-state index contributed by atoms with van der Waals surface area (Å²) in [5.74, 6) is -0.985. The van der Waals surface area contributed by atoms with Crippen LogP contribution in [0.4, 0.5) is 26.2 Å². The SMILES string of the molecule is CC(C)C(NC(=O)Nc1ccccc1)C(=O)Nc1ccc(N2CCOCC2)c(F)c1. The highest BCUT2D eigenvalue weighted by Gasteiger charge is 2.25. The van der Waals surface area contributed by atoms with Crippen LogP contribution in [0, 0.1) is 11.7 Å². The van der Waals surface area contributed by atoms with E-state index in [0.717, 1.165) is 0 Å². The maximum atomic E-state index is 14.6. The summed E-state index contributed by atoms with van der Waals surface area (Å²) in [7, 11) is 0. The van der Waals surface area contributed by atoms with Gasteiger partial charge in [0.25, 0.3) is 0 Å². The van der Waals surface area contributed by atoms with Gasteiger partial charge in [0, 0.05) is 24.5 Å². The van der Waals surface area contributed by atoms with Crippen molar-refractivity contribution < 1.29 is 18.7 Å². The fraction of sp³-hybridized carbons (Fsp3) is 0.364. The molecule has 1 aliphatic rings. The van der Waals surface area contributed by atoms with Crippen molar-refractivity contribution in [1.82, 2.24) is 5.32 Å². The average molecular weight is 414 g/mol. The van der Waals surface area contributed by atoms with E-state index in [2.05, 4.69) is 16.0 Å². The van der Waals surface area contributed by atoms with E-state index in [-0.39, 0.29) is 5.92 Å². The summed E-state index contributed by atoms with van der Waals surface area (Å²) < 4.78 is 19.9. The number of morpholine rings is 1. The van der Waals surface area contributed by atoms with Gasteiger partial charge in [0.15, 0.2) is 0 Å². The van der Waals surface area contributed by atoms with Crippen LogP contribution in [-0.4, -0.2) is 44.3 Å². The van der Waals surface area contributed by atoms with Crippen LogP contribution >= 0.6 is 0 Å². The molecule has 3 rings (SSSR count). The van der Waals surface area contributed by atoms with E-state index in [1.807, 2.05) is 24.8 Å². The number of para-hydroxylation sites is 1. The number of hydrogen-bond donors (Lipinski definition) is 3. The molecular formula is C22H27FN4O3.